The molecule has 0 aliphatic carbocycles. The fourth-order valence-electron chi connectivity index (χ4n) is 3.47. The van der Waals surface area contributed by atoms with Gasteiger partial charge in [-0.2, -0.15) is 0 Å². The quantitative estimate of drug-likeness (QED) is 0.579. The van der Waals surface area contributed by atoms with Gasteiger partial charge in [0, 0.05) is 30.3 Å². The minimum absolute atomic E-state index is 0.0242. The van der Waals surface area contributed by atoms with E-state index in [2.05, 4.69) is 35.2 Å². The second-order valence-corrected chi connectivity index (χ2v) is 8.88. The first-order valence-corrected chi connectivity index (χ1v) is 10.6. The van der Waals surface area contributed by atoms with Gasteiger partial charge in [0.15, 0.2) is 5.13 Å². The Balaban J connectivity index is 1.48. The molecule has 3 aromatic rings. The van der Waals surface area contributed by atoms with E-state index in [0.717, 1.165) is 34.1 Å². The summed E-state index contributed by atoms with van der Waals surface area (Å²) in [5.74, 6) is 0.425. The molecule has 5 nitrogen and oxygen atoms in total. The number of thiazole rings is 1. The van der Waals surface area contributed by atoms with Crippen LogP contribution in [0.4, 0.5) is 5.13 Å². The van der Waals surface area contributed by atoms with Gasteiger partial charge < -0.3 is 10.1 Å². The maximum atomic E-state index is 12.7. The van der Waals surface area contributed by atoms with Gasteiger partial charge in [0.05, 0.1) is 11.0 Å². The average Bonchev–Trinajstić information content (AvgIpc) is 3.16. The molecule has 1 fully saturated rings. The molecular formula is C21H22ClN3O2S. The topological polar surface area (TPSA) is 64.1 Å². The second kappa shape index (κ2) is 8.15. The Labute approximate surface area is 173 Å². The Morgan fingerprint density at radius 2 is 2.11 bits per heavy atom. The molecule has 1 aliphatic rings. The number of pyridine rings is 1. The van der Waals surface area contributed by atoms with Crippen LogP contribution in [0.2, 0.25) is 5.15 Å². The van der Waals surface area contributed by atoms with Gasteiger partial charge >= 0.3 is 0 Å². The lowest BCUT2D eigenvalue weighted by Crippen LogP contribution is -2.35. The normalized spacial score (nSPS) is 19.9. The zero-order chi connectivity index (χ0) is 19.7. The van der Waals surface area contributed by atoms with Crippen LogP contribution in [-0.2, 0) is 9.53 Å². The summed E-state index contributed by atoms with van der Waals surface area (Å²) in [6.07, 6.45) is 5.23. The van der Waals surface area contributed by atoms with E-state index in [1.54, 1.807) is 12.4 Å². The molecule has 1 N–H and O–H groups in total. The summed E-state index contributed by atoms with van der Waals surface area (Å²) in [4.78, 5) is 22.2. The van der Waals surface area contributed by atoms with E-state index < -0.39 is 0 Å². The molecule has 28 heavy (non-hydrogen) atoms. The van der Waals surface area contributed by atoms with E-state index in [1.165, 1.54) is 11.3 Å². The van der Waals surface area contributed by atoms with Gasteiger partial charge in [-0.25, -0.2) is 9.97 Å². The largest absolute Gasteiger partial charge is 0.378 e. The number of carbonyl (C=O) groups is 1. The molecule has 1 saturated heterocycles. The maximum Gasteiger partial charge on any atom is 0.229 e. The number of aromatic nitrogens is 2. The van der Waals surface area contributed by atoms with Crippen LogP contribution in [-0.4, -0.2) is 28.6 Å². The van der Waals surface area contributed by atoms with E-state index in [1.807, 2.05) is 18.2 Å². The molecule has 146 valence electrons. The zero-order valence-corrected chi connectivity index (χ0v) is 17.4. The third-order valence-electron chi connectivity index (χ3n) is 5.14. The predicted octanol–water partition coefficient (Wildman–Crippen LogP) is 5.40. The van der Waals surface area contributed by atoms with Crippen molar-refractivity contribution < 1.29 is 9.53 Å². The summed E-state index contributed by atoms with van der Waals surface area (Å²) in [5, 5.41) is 6.14. The van der Waals surface area contributed by atoms with Crippen molar-refractivity contribution in [1.29, 1.82) is 0 Å². The van der Waals surface area contributed by atoms with Crippen LogP contribution in [0.25, 0.3) is 21.2 Å². The first-order chi connectivity index (χ1) is 13.5. The van der Waals surface area contributed by atoms with Gasteiger partial charge in [-0.1, -0.05) is 48.9 Å². The van der Waals surface area contributed by atoms with Gasteiger partial charge in [-0.3, -0.25) is 4.79 Å². The highest BCUT2D eigenvalue weighted by atomic mass is 35.5. The summed E-state index contributed by atoms with van der Waals surface area (Å²) >= 11 is 7.48. The number of nitrogens with one attached hydrogen (secondary N) is 1. The van der Waals surface area contributed by atoms with Crippen LogP contribution in [0.1, 0.15) is 26.7 Å². The van der Waals surface area contributed by atoms with Crippen molar-refractivity contribution in [3.8, 4) is 10.4 Å². The van der Waals surface area contributed by atoms with Crippen molar-refractivity contribution in [3.63, 3.8) is 0 Å². The SMILES string of the molecule is CC(C)C1CC(C(=O)Nc2ncc(-c3ccc4cnc(Cl)cc4c3)s2)CCO1. The lowest BCUT2D eigenvalue weighted by molar-refractivity contribution is -0.126. The van der Waals surface area contributed by atoms with E-state index >= 15 is 0 Å². The monoisotopic (exact) mass is 415 g/mol. The molecule has 0 radical (unpaired) electrons. The van der Waals surface area contributed by atoms with Crippen molar-refractivity contribution in [1.82, 2.24) is 9.97 Å². The highest BCUT2D eigenvalue weighted by Gasteiger charge is 2.29. The molecule has 0 bridgehead atoms. The van der Waals surface area contributed by atoms with Crippen molar-refractivity contribution in [2.75, 3.05) is 11.9 Å². The average molecular weight is 416 g/mol. The number of rotatable bonds is 4. The van der Waals surface area contributed by atoms with Crippen LogP contribution in [0, 0.1) is 11.8 Å². The molecule has 7 heteroatoms. The third kappa shape index (κ3) is 4.19. The summed E-state index contributed by atoms with van der Waals surface area (Å²) in [5.41, 5.74) is 1.04. The number of hydrogen-bond donors (Lipinski definition) is 1. The highest BCUT2D eigenvalue weighted by Crippen LogP contribution is 2.32. The van der Waals surface area contributed by atoms with Gasteiger partial charge in [0.25, 0.3) is 0 Å². The van der Waals surface area contributed by atoms with Crippen LogP contribution in [0.5, 0.6) is 0 Å². The van der Waals surface area contributed by atoms with Crippen LogP contribution >= 0.6 is 22.9 Å². The molecule has 2 atom stereocenters. The fraction of sp³-hybridized carbons (Fsp3) is 0.381. The number of ether oxygens (including phenoxy) is 1. The summed E-state index contributed by atoms with van der Waals surface area (Å²) in [6, 6.07) is 7.96. The van der Waals surface area contributed by atoms with E-state index in [-0.39, 0.29) is 17.9 Å². The Morgan fingerprint density at radius 1 is 1.25 bits per heavy atom. The van der Waals surface area contributed by atoms with E-state index in [4.69, 9.17) is 16.3 Å². The standard InChI is InChI=1S/C21H22ClN3O2S/c1-12(2)17-8-14(5-6-27-17)20(26)25-21-24-11-18(28-21)13-3-4-15-10-23-19(22)9-16(15)7-13/h3-4,7,9-12,14,17H,5-6,8H2,1-2H3,(H,24,25,26). The Morgan fingerprint density at radius 3 is 2.93 bits per heavy atom. The number of fused-ring (bicyclic) bond motifs is 1. The van der Waals surface area contributed by atoms with Gasteiger partial charge in [-0.05, 0) is 41.8 Å². The minimum atomic E-state index is -0.0242. The van der Waals surface area contributed by atoms with Crippen molar-refractivity contribution in [3.05, 3.63) is 41.8 Å². The Hall–Kier alpha value is -2.02. The zero-order valence-electron chi connectivity index (χ0n) is 15.8. The number of halogens is 1. The number of hydrogen-bond acceptors (Lipinski definition) is 5. The molecule has 1 aliphatic heterocycles. The molecular weight excluding hydrogens is 394 g/mol. The lowest BCUT2D eigenvalue weighted by Gasteiger charge is -2.30. The molecule has 0 spiro atoms. The van der Waals surface area contributed by atoms with Crippen molar-refractivity contribution in [2.45, 2.75) is 32.8 Å². The highest BCUT2D eigenvalue weighted by molar-refractivity contribution is 7.19. The number of benzene rings is 1. The number of amides is 1. The van der Waals surface area contributed by atoms with Gasteiger partial charge in [0.1, 0.15) is 5.15 Å². The predicted molar refractivity (Wildman–Crippen MR) is 114 cm³/mol. The van der Waals surface area contributed by atoms with E-state index in [0.29, 0.717) is 22.8 Å². The van der Waals surface area contributed by atoms with Crippen molar-refractivity contribution >= 4 is 44.7 Å². The molecule has 0 saturated carbocycles. The van der Waals surface area contributed by atoms with Gasteiger partial charge in [0.2, 0.25) is 5.91 Å². The van der Waals surface area contributed by atoms with Crippen LogP contribution in [0.3, 0.4) is 0 Å². The smallest absolute Gasteiger partial charge is 0.229 e. The molecule has 3 heterocycles. The number of nitrogens with zero attached hydrogens (tertiary/aromatic N) is 2. The molecule has 4 rings (SSSR count). The molecule has 2 unspecified atom stereocenters. The number of anilines is 1. The lowest BCUT2D eigenvalue weighted by atomic mass is 9.90. The first kappa shape index (κ1) is 19.3. The fourth-order valence-corrected chi connectivity index (χ4v) is 4.45. The van der Waals surface area contributed by atoms with Crippen LogP contribution < -0.4 is 5.32 Å². The maximum absolute atomic E-state index is 12.7. The first-order valence-electron chi connectivity index (χ1n) is 9.43. The molecule has 1 amide bonds. The Bertz CT molecular complexity index is 1000. The van der Waals surface area contributed by atoms with E-state index in [9.17, 15) is 4.79 Å². The second-order valence-electron chi connectivity index (χ2n) is 7.46. The molecule has 2 aromatic heterocycles. The van der Waals surface area contributed by atoms with Crippen molar-refractivity contribution in [2.24, 2.45) is 11.8 Å². The summed E-state index contributed by atoms with van der Waals surface area (Å²) < 4.78 is 5.77. The summed E-state index contributed by atoms with van der Waals surface area (Å²) in [6.45, 7) is 4.90. The minimum Gasteiger partial charge on any atom is -0.378 e. The summed E-state index contributed by atoms with van der Waals surface area (Å²) in [7, 11) is 0. The Kier molecular flexibility index (Phi) is 5.62. The number of carbonyl (C=O) groups excluding carboxylic acids is 1. The van der Waals surface area contributed by atoms with Crippen LogP contribution in [0.15, 0.2) is 36.7 Å². The third-order valence-corrected chi connectivity index (χ3v) is 6.31. The molecule has 1 aromatic carbocycles. The van der Waals surface area contributed by atoms with Gasteiger partial charge in [-0.15, -0.1) is 0 Å².